The number of benzene rings is 2. The summed E-state index contributed by atoms with van der Waals surface area (Å²) in [6, 6.07) is 16.7. The molecule has 1 atom stereocenters. The van der Waals surface area contributed by atoms with Crippen LogP contribution in [-0.2, 0) is 9.53 Å². The van der Waals surface area contributed by atoms with Gasteiger partial charge in [-0.25, -0.2) is 4.79 Å². The predicted octanol–water partition coefficient (Wildman–Crippen LogP) is 3.39. The molecule has 3 heteroatoms. The molecule has 112 valence electrons. The van der Waals surface area contributed by atoms with Crippen molar-refractivity contribution in [3.05, 3.63) is 65.7 Å². The lowest BCUT2D eigenvalue weighted by atomic mass is 10.2. The fourth-order valence-corrected chi connectivity index (χ4v) is 1.87. The highest BCUT2D eigenvalue weighted by Gasteiger charge is 2.16. The maximum atomic E-state index is 12.0. The van der Waals surface area contributed by atoms with Crippen molar-refractivity contribution in [2.24, 2.45) is 0 Å². The summed E-state index contributed by atoms with van der Waals surface area (Å²) in [4.78, 5) is 12.0. The molecule has 0 aliphatic carbocycles. The van der Waals surface area contributed by atoms with E-state index in [0.29, 0.717) is 6.61 Å². The minimum Gasteiger partial charge on any atom is -0.464 e. The molecule has 0 aliphatic rings. The van der Waals surface area contributed by atoms with E-state index in [1.807, 2.05) is 61.5 Å². The van der Waals surface area contributed by atoms with E-state index in [4.69, 9.17) is 4.74 Å². The first-order valence-corrected chi connectivity index (χ1v) is 7.25. The highest BCUT2D eigenvalue weighted by Crippen LogP contribution is 2.10. The molecule has 0 saturated heterocycles. The van der Waals surface area contributed by atoms with Crippen molar-refractivity contribution in [3.63, 3.8) is 0 Å². The molecule has 0 aliphatic heterocycles. The third-order valence-corrected chi connectivity index (χ3v) is 3.02. The molecule has 0 saturated carbocycles. The normalized spacial score (nSPS) is 11.0. The van der Waals surface area contributed by atoms with Crippen molar-refractivity contribution in [1.82, 2.24) is 0 Å². The van der Waals surface area contributed by atoms with Crippen LogP contribution >= 0.6 is 0 Å². The number of nitrogens with one attached hydrogen (secondary N) is 1. The Labute approximate surface area is 131 Å². The third kappa shape index (κ3) is 4.68. The average Bonchev–Trinajstić information content (AvgIpc) is 2.54. The van der Waals surface area contributed by atoms with E-state index in [2.05, 4.69) is 17.2 Å². The summed E-state index contributed by atoms with van der Waals surface area (Å²) >= 11 is 0. The van der Waals surface area contributed by atoms with Gasteiger partial charge in [-0.1, -0.05) is 47.7 Å². The van der Waals surface area contributed by atoms with E-state index >= 15 is 0 Å². The zero-order valence-corrected chi connectivity index (χ0v) is 12.8. The Bertz CT molecular complexity index is 666. The van der Waals surface area contributed by atoms with Crippen molar-refractivity contribution in [3.8, 4) is 11.8 Å². The number of hydrogen-bond acceptors (Lipinski definition) is 3. The molecule has 2 aromatic carbocycles. The minimum atomic E-state index is -0.692. The number of carbonyl (C=O) groups excluding carboxylic acids is 1. The molecule has 0 spiro atoms. The second-order valence-electron chi connectivity index (χ2n) is 4.83. The van der Waals surface area contributed by atoms with Crippen molar-refractivity contribution in [2.75, 3.05) is 11.9 Å². The first-order valence-electron chi connectivity index (χ1n) is 7.25. The molecular formula is C19H19NO2. The largest absolute Gasteiger partial charge is 0.464 e. The molecule has 2 rings (SSSR count). The molecule has 0 radical (unpaired) electrons. The molecule has 22 heavy (non-hydrogen) atoms. The Morgan fingerprint density at radius 1 is 1.14 bits per heavy atom. The first kappa shape index (κ1) is 15.7. The molecule has 2 aromatic rings. The Balaban J connectivity index is 2.18. The van der Waals surface area contributed by atoms with Crippen molar-refractivity contribution < 1.29 is 9.53 Å². The Morgan fingerprint density at radius 3 is 2.45 bits per heavy atom. The van der Waals surface area contributed by atoms with Gasteiger partial charge in [0.25, 0.3) is 0 Å². The summed E-state index contributed by atoms with van der Waals surface area (Å²) in [5.74, 6) is 5.58. The summed E-state index contributed by atoms with van der Waals surface area (Å²) in [5.41, 5.74) is 2.86. The van der Waals surface area contributed by atoms with Crippen LogP contribution in [0, 0.1) is 18.8 Å². The van der Waals surface area contributed by atoms with Gasteiger partial charge in [0.05, 0.1) is 6.61 Å². The molecule has 0 bridgehead atoms. The van der Waals surface area contributed by atoms with Gasteiger partial charge in [-0.15, -0.1) is 0 Å². The second-order valence-corrected chi connectivity index (χ2v) is 4.83. The van der Waals surface area contributed by atoms with E-state index < -0.39 is 6.04 Å². The molecule has 1 N–H and O–H groups in total. The molecule has 0 amide bonds. The molecule has 0 heterocycles. The summed E-state index contributed by atoms with van der Waals surface area (Å²) in [7, 11) is 0. The van der Waals surface area contributed by atoms with Gasteiger partial charge in [-0.2, -0.15) is 0 Å². The molecule has 0 aromatic heterocycles. The highest BCUT2D eigenvalue weighted by atomic mass is 16.5. The van der Waals surface area contributed by atoms with Crippen LogP contribution in [0.3, 0.4) is 0 Å². The summed E-state index contributed by atoms with van der Waals surface area (Å²) < 4.78 is 5.08. The van der Waals surface area contributed by atoms with Crippen LogP contribution in [-0.4, -0.2) is 18.6 Å². The average molecular weight is 293 g/mol. The Hall–Kier alpha value is -2.73. The quantitative estimate of drug-likeness (QED) is 0.693. The smallest absolute Gasteiger partial charge is 0.341 e. The number of rotatable bonds is 4. The van der Waals surface area contributed by atoms with E-state index in [1.165, 1.54) is 0 Å². The Morgan fingerprint density at radius 2 is 1.82 bits per heavy atom. The zero-order valence-electron chi connectivity index (χ0n) is 12.8. The Kier molecular flexibility index (Phi) is 5.62. The summed E-state index contributed by atoms with van der Waals surface area (Å²) in [6.45, 7) is 4.13. The van der Waals surface area contributed by atoms with Gasteiger partial charge in [0.1, 0.15) is 0 Å². The van der Waals surface area contributed by atoms with Crippen LogP contribution in [0.1, 0.15) is 18.1 Å². The van der Waals surface area contributed by atoms with Gasteiger partial charge in [-0.3, -0.25) is 0 Å². The topological polar surface area (TPSA) is 38.3 Å². The summed E-state index contributed by atoms with van der Waals surface area (Å²) in [5, 5.41) is 3.11. The zero-order chi connectivity index (χ0) is 15.8. The molecular weight excluding hydrogens is 274 g/mol. The van der Waals surface area contributed by atoms with Crippen LogP contribution in [0.4, 0.5) is 5.69 Å². The van der Waals surface area contributed by atoms with E-state index in [0.717, 1.165) is 16.8 Å². The van der Waals surface area contributed by atoms with Crippen molar-refractivity contribution >= 4 is 11.7 Å². The van der Waals surface area contributed by atoms with Gasteiger partial charge in [0.15, 0.2) is 6.04 Å². The monoisotopic (exact) mass is 293 g/mol. The lowest BCUT2D eigenvalue weighted by Gasteiger charge is -2.13. The van der Waals surface area contributed by atoms with Crippen LogP contribution in [0.5, 0.6) is 0 Å². The number of ether oxygens (including phenoxy) is 1. The maximum absolute atomic E-state index is 12.0. The lowest BCUT2D eigenvalue weighted by Crippen LogP contribution is -2.30. The fraction of sp³-hybridized carbons (Fsp3) is 0.211. The predicted molar refractivity (Wildman–Crippen MR) is 88.5 cm³/mol. The van der Waals surface area contributed by atoms with E-state index in [9.17, 15) is 4.79 Å². The first-order chi connectivity index (χ1) is 10.7. The standard InChI is InChI=1S/C19H19NO2/c1-3-22-19(21)18(14-11-16-7-5-4-6-8-16)20-17-12-9-15(2)10-13-17/h4-10,12-13,18,20H,3H2,1-2H3. The fourth-order valence-electron chi connectivity index (χ4n) is 1.87. The van der Waals surface area contributed by atoms with Gasteiger partial charge in [-0.05, 0) is 38.1 Å². The number of hydrogen-bond donors (Lipinski definition) is 1. The van der Waals surface area contributed by atoms with Crippen molar-refractivity contribution in [1.29, 1.82) is 0 Å². The molecule has 3 nitrogen and oxygen atoms in total. The molecule has 1 unspecified atom stereocenters. The van der Waals surface area contributed by atoms with Crippen molar-refractivity contribution in [2.45, 2.75) is 19.9 Å². The highest BCUT2D eigenvalue weighted by molar-refractivity contribution is 5.83. The van der Waals surface area contributed by atoms with Gasteiger partial charge < -0.3 is 10.1 Å². The number of carbonyl (C=O) groups is 1. The van der Waals surface area contributed by atoms with Crippen LogP contribution in [0.15, 0.2) is 54.6 Å². The van der Waals surface area contributed by atoms with Gasteiger partial charge in [0, 0.05) is 11.3 Å². The van der Waals surface area contributed by atoms with E-state index in [-0.39, 0.29) is 5.97 Å². The molecule has 0 fully saturated rings. The second kappa shape index (κ2) is 7.90. The van der Waals surface area contributed by atoms with Gasteiger partial charge in [0.2, 0.25) is 0 Å². The third-order valence-electron chi connectivity index (χ3n) is 3.02. The lowest BCUT2D eigenvalue weighted by molar-refractivity contribution is -0.142. The SMILES string of the molecule is CCOC(=O)C(C#Cc1ccccc1)Nc1ccc(C)cc1. The maximum Gasteiger partial charge on any atom is 0.341 e. The number of aryl methyl sites for hydroxylation is 1. The van der Waals surface area contributed by atoms with Crippen LogP contribution in [0.25, 0.3) is 0 Å². The van der Waals surface area contributed by atoms with Gasteiger partial charge >= 0.3 is 5.97 Å². The minimum absolute atomic E-state index is 0.331. The van der Waals surface area contributed by atoms with Crippen LogP contribution < -0.4 is 5.32 Å². The number of anilines is 1. The van der Waals surface area contributed by atoms with E-state index in [1.54, 1.807) is 6.92 Å². The summed E-state index contributed by atoms with van der Waals surface area (Å²) in [6.07, 6.45) is 0. The number of esters is 1. The van der Waals surface area contributed by atoms with Crippen LogP contribution in [0.2, 0.25) is 0 Å².